The smallest absolute Gasteiger partial charge is 0.407 e. The molecule has 0 fully saturated rings. The molecule has 5 aromatic rings. The fourth-order valence-electron chi connectivity index (χ4n) is 7.74. The largest absolute Gasteiger partial charge is 0.490 e. The zero-order chi connectivity index (χ0) is 65.6. The van der Waals surface area contributed by atoms with Gasteiger partial charge in [0.25, 0.3) is 0 Å². The third-order valence-electron chi connectivity index (χ3n) is 13.0. The zero-order valence-electron chi connectivity index (χ0n) is 51.0. The van der Waals surface area contributed by atoms with Gasteiger partial charge in [-0.3, -0.25) is 0 Å². The van der Waals surface area contributed by atoms with Gasteiger partial charge in [0.15, 0.2) is 0 Å². The number of rotatable bonds is 37. The van der Waals surface area contributed by atoms with Gasteiger partial charge >= 0.3 is 36.2 Å². The summed E-state index contributed by atoms with van der Waals surface area (Å²) in [5.74, 6) is 0.865. The SMILES string of the molecule is C=C(C)C(=O)OCCNC(=O)OC(COc1ccc(C(C)(c2ccc(OCC(CSc3ccc(Cl)cc3)OC(=O)NCCOC(=O)C(=C)C)cc2)c2ccc(OCC(CSC(C)[C@@H](C)Cl)OC(=O)NCCOC(=O)C(=C)C)cc2)cc1)CSc1ccc(Cl)cc1. The molecule has 4 unspecified atom stereocenters. The van der Waals surface area contributed by atoms with Crippen LogP contribution in [0.1, 0.15) is 58.2 Å². The van der Waals surface area contributed by atoms with E-state index in [1.807, 2.05) is 111 Å². The fraction of sp³-hybridized carbons (Fsp3) is 0.364. The number of carbonyl (C=O) groups is 6. The molecule has 5 rings (SSSR count). The summed E-state index contributed by atoms with van der Waals surface area (Å²) in [6.07, 6.45) is -4.27. The molecule has 0 aliphatic rings. The lowest BCUT2D eigenvalue weighted by atomic mass is 9.71. The number of hydrogen-bond donors (Lipinski definition) is 3. The van der Waals surface area contributed by atoms with Gasteiger partial charge in [-0.05, 0) is 136 Å². The van der Waals surface area contributed by atoms with Crippen molar-refractivity contribution in [2.75, 3.05) is 76.5 Å². The molecular formula is C66H76Cl3N3O15S3. The topological polar surface area (TPSA) is 222 Å². The van der Waals surface area contributed by atoms with Crippen LogP contribution in [0.25, 0.3) is 0 Å². The molecule has 0 aliphatic carbocycles. The highest BCUT2D eigenvalue weighted by Crippen LogP contribution is 2.41. The van der Waals surface area contributed by atoms with Crippen molar-refractivity contribution in [2.45, 2.75) is 85.7 Å². The van der Waals surface area contributed by atoms with E-state index in [-0.39, 0.29) is 86.6 Å². The van der Waals surface area contributed by atoms with Gasteiger partial charge < -0.3 is 58.6 Å². The van der Waals surface area contributed by atoms with Crippen molar-refractivity contribution < 1.29 is 71.4 Å². The molecule has 0 heterocycles. The molecule has 5 atom stereocenters. The van der Waals surface area contributed by atoms with E-state index in [1.165, 1.54) is 56.1 Å². The molecule has 3 amide bonds. The Hall–Kier alpha value is -7.14. The maximum Gasteiger partial charge on any atom is 0.407 e. The first-order valence-corrected chi connectivity index (χ1v) is 32.7. The lowest BCUT2D eigenvalue weighted by Crippen LogP contribution is -2.35. The van der Waals surface area contributed by atoms with Gasteiger partial charge in [0, 0.05) is 69.9 Å². The minimum Gasteiger partial charge on any atom is -0.490 e. The maximum absolute atomic E-state index is 13.0. The Labute approximate surface area is 554 Å². The van der Waals surface area contributed by atoms with E-state index >= 15 is 0 Å². The second-order valence-corrected chi connectivity index (χ2v) is 25.6. The Morgan fingerprint density at radius 2 is 0.756 bits per heavy atom. The number of carbonyl (C=O) groups excluding carboxylic acids is 6. The number of nitrogens with one attached hydrogen (secondary N) is 3. The first kappa shape index (κ1) is 73.6. The Bertz CT molecular complexity index is 3010. The molecule has 0 bridgehead atoms. The highest BCUT2D eigenvalue weighted by molar-refractivity contribution is 8.00. The van der Waals surface area contributed by atoms with Crippen LogP contribution in [0, 0.1) is 0 Å². The molecular weight excluding hydrogens is 1280 g/mol. The summed E-state index contributed by atoms with van der Waals surface area (Å²) in [7, 11) is 0. The summed E-state index contributed by atoms with van der Waals surface area (Å²) in [5.41, 5.74) is 2.50. The standard InChI is InChI=1S/C66H76Cl3N3O15S3/c1-42(2)60(73)79-33-30-70-63(76)85-55(39-88-46(8)45(7)67)36-82-52-20-10-47(11-21-52)66(9,48-12-22-53(23-13-48)83-37-56(40-89-58-26-16-50(68)17-27-58)86-64(77)71-31-34-80-61(74)43(3)4)49-14-24-54(25-15-49)84-38-57(41-90-59-28-18-51(69)19-29-59)87-65(78)72-32-35-81-62(75)44(5)6/h10-29,45-46,55-57H,1,3,5,30-41H2,2,4,6-9H3,(H,70,76)(H,71,77)(H,72,78)/t45-,46?,55?,56?,57?,66?/m1/s1. The summed E-state index contributed by atoms with van der Waals surface area (Å²) in [5, 5.41) is 8.92. The lowest BCUT2D eigenvalue weighted by Gasteiger charge is -2.32. The minimum absolute atomic E-state index is 0.00533. The van der Waals surface area contributed by atoms with Gasteiger partial charge in [0.05, 0.1) is 19.6 Å². The summed E-state index contributed by atoms with van der Waals surface area (Å²) in [6.45, 7) is 21.1. The Morgan fingerprint density at radius 1 is 0.467 bits per heavy atom. The third-order valence-corrected chi connectivity index (χ3v) is 17.8. The van der Waals surface area contributed by atoms with E-state index in [9.17, 15) is 28.8 Å². The first-order valence-electron chi connectivity index (χ1n) is 28.5. The third kappa shape index (κ3) is 26.4. The van der Waals surface area contributed by atoms with Crippen LogP contribution in [0.15, 0.2) is 168 Å². The normalized spacial score (nSPS) is 13.2. The number of halogens is 3. The monoisotopic (exact) mass is 1350 g/mol. The highest BCUT2D eigenvalue weighted by atomic mass is 35.5. The number of benzene rings is 5. The van der Waals surface area contributed by atoms with Crippen molar-refractivity contribution in [1.29, 1.82) is 0 Å². The van der Waals surface area contributed by atoms with Crippen molar-refractivity contribution in [3.05, 3.63) is 185 Å². The second-order valence-electron chi connectivity index (χ2n) is 20.5. The molecule has 3 N–H and O–H groups in total. The molecule has 0 saturated heterocycles. The molecule has 18 nitrogen and oxygen atoms in total. The van der Waals surface area contributed by atoms with Crippen molar-refractivity contribution >= 4 is 106 Å². The van der Waals surface area contributed by atoms with Gasteiger partial charge in [0.2, 0.25) is 0 Å². The highest BCUT2D eigenvalue weighted by Gasteiger charge is 2.32. The number of esters is 3. The van der Waals surface area contributed by atoms with E-state index in [2.05, 4.69) is 42.6 Å². The fourth-order valence-corrected chi connectivity index (χ4v) is 10.9. The van der Waals surface area contributed by atoms with Crippen LogP contribution < -0.4 is 30.2 Å². The molecule has 0 spiro atoms. The molecule has 0 saturated carbocycles. The van der Waals surface area contributed by atoms with Gasteiger partial charge in [-0.1, -0.05) is 86.3 Å². The molecule has 90 heavy (non-hydrogen) atoms. The van der Waals surface area contributed by atoms with Crippen molar-refractivity contribution in [1.82, 2.24) is 16.0 Å². The molecule has 24 heteroatoms. The van der Waals surface area contributed by atoms with E-state index in [1.54, 1.807) is 24.3 Å². The van der Waals surface area contributed by atoms with Gasteiger partial charge in [-0.25, -0.2) is 28.8 Å². The van der Waals surface area contributed by atoms with Crippen molar-refractivity contribution in [3.8, 4) is 17.2 Å². The van der Waals surface area contributed by atoms with Crippen LogP contribution in [0.3, 0.4) is 0 Å². The van der Waals surface area contributed by atoms with Crippen LogP contribution in [-0.4, -0.2) is 142 Å². The van der Waals surface area contributed by atoms with Crippen molar-refractivity contribution in [3.63, 3.8) is 0 Å². The van der Waals surface area contributed by atoms with Crippen LogP contribution in [-0.2, 0) is 48.2 Å². The average Bonchev–Trinajstić information content (AvgIpc) is 0.803. The van der Waals surface area contributed by atoms with Crippen molar-refractivity contribution in [2.24, 2.45) is 0 Å². The van der Waals surface area contributed by atoms with E-state index in [0.717, 1.165) is 26.5 Å². The Kier molecular flexibility index (Phi) is 31.5. The van der Waals surface area contributed by atoms with Crippen LogP contribution >= 0.6 is 70.1 Å². The van der Waals surface area contributed by atoms with Crippen LogP contribution in [0.2, 0.25) is 10.0 Å². The summed E-state index contributed by atoms with van der Waals surface area (Å²) in [6, 6.07) is 37.3. The second kappa shape index (κ2) is 38.5. The molecule has 0 aliphatic heterocycles. The van der Waals surface area contributed by atoms with Crippen LogP contribution in [0.5, 0.6) is 17.2 Å². The number of ether oxygens (including phenoxy) is 9. The zero-order valence-corrected chi connectivity index (χ0v) is 55.7. The first-order chi connectivity index (χ1) is 43.0. The number of alkyl carbamates (subject to hydrolysis) is 3. The predicted molar refractivity (Wildman–Crippen MR) is 355 cm³/mol. The Balaban J connectivity index is 1.38. The maximum atomic E-state index is 13.0. The summed E-state index contributed by atoms with van der Waals surface area (Å²) in [4.78, 5) is 76.3. The minimum atomic E-state index is -0.835. The number of alkyl halides is 1. The van der Waals surface area contributed by atoms with E-state index in [0.29, 0.717) is 44.6 Å². The van der Waals surface area contributed by atoms with E-state index < -0.39 is 59.9 Å². The summed E-state index contributed by atoms with van der Waals surface area (Å²) < 4.78 is 51.6. The molecule has 5 aromatic carbocycles. The number of hydrogen-bond acceptors (Lipinski definition) is 18. The number of thioether (sulfide) groups is 3. The van der Waals surface area contributed by atoms with Crippen LogP contribution in [0.4, 0.5) is 14.4 Å². The van der Waals surface area contributed by atoms with Gasteiger partial charge in [-0.2, -0.15) is 11.8 Å². The van der Waals surface area contributed by atoms with Gasteiger partial charge in [0.1, 0.15) is 75.2 Å². The lowest BCUT2D eigenvalue weighted by molar-refractivity contribution is -0.139. The average molecular weight is 1350 g/mol. The van der Waals surface area contributed by atoms with Gasteiger partial charge in [-0.15, -0.1) is 35.1 Å². The molecule has 0 aromatic heterocycles. The quantitative estimate of drug-likeness (QED) is 0.00640. The predicted octanol–water partition coefficient (Wildman–Crippen LogP) is 13.5. The molecule has 484 valence electrons. The number of amides is 3. The van der Waals surface area contributed by atoms with E-state index in [4.69, 9.17) is 77.4 Å². The summed E-state index contributed by atoms with van der Waals surface area (Å²) >= 11 is 23.1. The Morgan fingerprint density at radius 3 is 1.03 bits per heavy atom. The molecule has 0 radical (unpaired) electrons.